The van der Waals surface area contributed by atoms with Gasteiger partial charge in [0, 0.05) is 30.4 Å². The van der Waals surface area contributed by atoms with Crippen molar-refractivity contribution < 1.29 is 0 Å². The number of piperidine rings is 1. The molecular weight excluding hydrogens is 310 g/mol. The Morgan fingerprint density at radius 2 is 1.88 bits per heavy atom. The Morgan fingerprint density at radius 1 is 1.12 bits per heavy atom. The van der Waals surface area contributed by atoms with E-state index in [1.165, 1.54) is 49.3 Å². The smallest absolute Gasteiger partial charge is 0.0954 e. The molecule has 1 atom stereocenters. The van der Waals surface area contributed by atoms with Crippen LogP contribution in [0, 0.1) is 13.8 Å². The molecular formula is C20H33N5. The first-order valence-electron chi connectivity index (χ1n) is 9.94. The molecule has 25 heavy (non-hydrogen) atoms. The summed E-state index contributed by atoms with van der Waals surface area (Å²) >= 11 is 0. The maximum absolute atomic E-state index is 4.76. The van der Waals surface area contributed by atoms with Crippen LogP contribution < -0.4 is 0 Å². The average molecular weight is 344 g/mol. The van der Waals surface area contributed by atoms with Crippen LogP contribution >= 0.6 is 0 Å². The third kappa shape index (κ3) is 3.81. The minimum Gasteiger partial charge on any atom is -0.326 e. The first-order chi connectivity index (χ1) is 12.2. The summed E-state index contributed by atoms with van der Waals surface area (Å²) in [6.45, 7) is 13.4. The van der Waals surface area contributed by atoms with Crippen LogP contribution in [0.3, 0.4) is 0 Å². The molecule has 2 aromatic rings. The molecule has 0 amide bonds. The van der Waals surface area contributed by atoms with Crippen LogP contribution in [-0.2, 0) is 6.54 Å². The lowest BCUT2D eigenvalue weighted by Gasteiger charge is -2.31. The largest absolute Gasteiger partial charge is 0.326 e. The summed E-state index contributed by atoms with van der Waals surface area (Å²) in [4.78, 5) is 7.13. The molecule has 1 fully saturated rings. The van der Waals surface area contributed by atoms with Crippen molar-refractivity contribution in [1.82, 2.24) is 24.2 Å². The van der Waals surface area contributed by atoms with E-state index in [9.17, 15) is 0 Å². The first kappa shape index (κ1) is 18.2. The monoisotopic (exact) mass is 343 g/mol. The second-order valence-corrected chi connectivity index (χ2v) is 7.38. The molecule has 1 aliphatic rings. The number of rotatable bonds is 7. The number of hydrogen-bond donors (Lipinski definition) is 0. The van der Waals surface area contributed by atoms with Crippen molar-refractivity contribution in [2.24, 2.45) is 0 Å². The first-order valence-corrected chi connectivity index (χ1v) is 9.94. The highest BCUT2D eigenvalue weighted by molar-refractivity contribution is 5.65. The van der Waals surface area contributed by atoms with Crippen molar-refractivity contribution in [2.75, 3.05) is 19.6 Å². The van der Waals surface area contributed by atoms with Crippen LogP contribution in [-0.4, -0.2) is 43.9 Å². The quantitative estimate of drug-likeness (QED) is 0.756. The van der Waals surface area contributed by atoms with Gasteiger partial charge in [-0.1, -0.05) is 20.3 Å². The van der Waals surface area contributed by atoms with Crippen LogP contribution in [0.2, 0.25) is 0 Å². The fourth-order valence-corrected chi connectivity index (χ4v) is 4.14. The fraction of sp³-hybridized carbons (Fsp3) is 0.700. The van der Waals surface area contributed by atoms with Gasteiger partial charge < -0.3 is 9.47 Å². The molecule has 0 saturated carbocycles. The summed E-state index contributed by atoms with van der Waals surface area (Å²) < 4.78 is 4.54. The molecule has 2 aromatic heterocycles. The lowest BCUT2D eigenvalue weighted by atomic mass is 10.1. The molecule has 1 aliphatic heterocycles. The van der Waals surface area contributed by atoms with Crippen molar-refractivity contribution >= 4 is 0 Å². The van der Waals surface area contributed by atoms with Crippen molar-refractivity contribution in [3.63, 3.8) is 0 Å². The highest BCUT2D eigenvalue weighted by Crippen LogP contribution is 2.30. The third-order valence-corrected chi connectivity index (χ3v) is 5.52. The summed E-state index contributed by atoms with van der Waals surface area (Å²) in [5.41, 5.74) is 4.86. The van der Waals surface area contributed by atoms with Gasteiger partial charge in [0.15, 0.2) is 0 Å². The molecule has 1 saturated heterocycles. The molecule has 0 bridgehead atoms. The van der Waals surface area contributed by atoms with Crippen molar-refractivity contribution in [1.29, 1.82) is 0 Å². The number of aryl methyl sites for hydroxylation is 2. The number of nitrogens with zero attached hydrogens (tertiary/aromatic N) is 5. The Kier molecular flexibility index (Phi) is 5.94. The zero-order chi connectivity index (χ0) is 17.8. The van der Waals surface area contributed by atoms with E-state index in [1.807, 2.05) is 12.5 Å². The van der Waals surface area contributed by atoms with Gasteiger partial charge in [-0.3, -0.25) is 4.68 Å². The fourth-order valence-electron chi connectivity index (χ4n) is 4.14. The standard InChI is InChI=1S/C20H33N5/c1-5-10-25-17(4)20(16(3)22-25)19-13-21-15-24(19)18(6-2)14-23-11-8-7-9-12-23/h13,15,18H,5-12,14H2,1-4H3/t18-/m1/s1. The van der Waals surface area contributed by atoms with Crippen LogP contribution in [0.15, 0.2) is 12.5 Å². The van der Waals surface area contributed by atoms with Gasteiger partial charge in [0.05, 0.1) is 23.9 Å². The SMILES string of the molecule is CCCn1nc(C)c(-c2cncn2[C@H](CC)CN2CCCCC2)c1C. The summed E-state index contributed by atoms with van der Waals surface area (Å²) in [6, 6.07) is 0.476. The molecule has 3 heterocycles. The Balaban J connectivity index is 1.88. The van der Waals surface area contributed by atoms with E-state index in [0.29, 0.717) is 6.04 Å². The van der Waals surface area contributed by atoms with Gasteiger partial charge in [0.25, 0.3) is 0 Å². The molecule has 5 heteroatoms. The maximum atomic E-state index is 4.76. The molecule has 138 valence electrons. The van der Waals surface area contributed by atoms with Crippen molar-refractivity contribution in [2.45, 2.75) is 72.4 Å². The molecule has 3 rings (SSSR count). The van der Waals surface area contributed by atoms with Gasteiger partial charge in [-0.25, -0.2) is 4.98 Å². The minimum atomic E-state index is 0.476. The number of imidazole rings is 1. The zero-order valence-electron chi connectivity index (χ0n) is 16.3. The molecule has 0 aromatic carbocycles. The van der Waals surface area contributed by atoms with Crippen molar-refractivity contribution in [3.05, 3.63) is 23.9 Å². The van der Waals surface area contributed by atoms with Gasteiger partial charge in [0.1, 0.15) is 0 Å². The summed E-state index contributed by atoms with van der Waals surface area (Å²) in [6.07, 6.45) is 10.3. The van der Waals surface area contributed by atoms with E-state index in [4.69, 9.17) is 5.10 Å². The van der Waals surface area contributed by atoms with Crippen LogP contribution in [0.25, 0.3) is 11.3 Å². The Labute approximate surface area is 152 Å². The maximum Gasteiger partial charge on any atom is 0.0954 e. The highest BCUT2D eigenvalue weighted by Gasteiger charge is 2.22. The number of likely N-dealkylation sites (tertiary alicyclic amines) is 1. The lowest BCUT2D eigenvalue weighted by Crippen LogP contribution is -2.35. The Morgan fingerprint density at radius 3 is 2.56 bits per heavy atom. The van der Waals surface area contributed by atoms with Gasteiger partial charge in [0.2, 0.25) is 0 Å². The second kappa shape index (κ2) is 8.17. The van der Waals surface area contributed by atoms with E-state index in [0.717, 1.165) is 31.6 Å². The van der Waals surface area contributed by atoms with E-state index in [-0.39, 0.29) is 0 Å². The Bertz CT molecular complexity index is 678. The van der Waals surface area contributed by atoms with E-state index >= 15 is 0 Å². The van der Waals surface area contributed by atoms with Crippen molar-refractivity contribution in [3.8, 4) is 11.3 Å². The summed E-state index contributed by atoms with van der Waals surface area (Å²) in [5, 5.41) is 4.76. The topological polar surface area (TPSA) is 38.9 Å². The van der Waals surface area contributed by atoms with Crippen LogP contribution in [0.4, 0.5) is 0 Å². The minimum absolute atomic E-state index is 0.476. The van der Waals surface area contributed by atoms with Gasteiger partial charge in [-0.05, 0) is 52.6 Å². The zero-order valence-corrected chi connectivity index (χ0v) is 16.3. The third-order valence-electron chi connectivity index (χ3n) is 5.52. The second-order valence-electron chi connectivity index (χ2n) is 7.38. The molecule has 5 nitrogen and oxygen atoms in total. The van der Waals surface area contributed by atoms with E-state index in [2.05, 4.69) is 46.8 Å². The molecule has 0 unspecified atom stereocenters. The molecule has 0 radical (unpaired) electrons. The van der Waals surface area contributed by atoms with Gasteiger partial charge >= 0.3 is 0 Å². The highest BCUT2D eigenvalue weighted by atomic mass is 15.3. The van der Waals surface area contributed by atoms with Gasteiger partial charge in [-0.2, -0.15) is 5.10 Å². The molecule has 0 N–H and O–H groups in total. The normalized spacial score (nSPS) is 17.1. The van der Waals surface area contributed by atoms with E-state index in [1.54, 1.807) is 0 Å². The predicted molar refractivity (Wildman–Crippen MR) is 103 cm³/mol. The van der Waals surface area contributed by atoms with Crippen LogP contribution in [0.1, 0.15) is 63.4 Å². The molecule has 0 spiro atoms. The molecule has 0 aliphatic carbocycles. The predicted octanol–water partition coefficient (Wildman–Crippen LogP) is 4.21. The number of hydrogen-bond acceptors (Lipinski definition) is 3. The Hall–Kier alpha value is -1.62. The number of aromatic nitrogens is 4. The summed E-state index contributed by atoms with van der Waals surface area (Å²) in [5.74, 6) is 0. The van der Waals surface area contributed by atoms with Gasteiger partial charge in [-0.15, -0.1) is 0 Å². The lowest BCUT2D eigenvalue weighted by molar-refractivity contribution is 0.194. The van der Waals surface area contributed by atoms with E-state index < -0.39 is 0 Å². The average Bonchev–Trinajstić information content (AvgIpc) is 3.19. The summed E-state index contributed by atoms with van der Waals surface area (Å²) in [7, 11) is 0. The van der Waals surface area contributed by atoms with Crippen LogP contribution in [0.5, 0.6) is 0 Å².